The normalized spacial score (nSPS) is 23.2. The highest BCUT2D eigenvalue weighted by Gasteiger charge is 2.41. The summed E-state index contributed by atoms with van der Waals surface area (Å²) in [6.07, 6.45) is 4.39. The lowest BCUT2D eigenvalue weighted by atomic mass is 9.84. The number of pyridine rings is 1. The van der Waals surface area contributed by atoms with Crippen LogP contribution >= 0.6 is 0 Å². The zero-order valence-corrected chi connectivity index (χ0v) is 44.4. The maximum absolute atomic E-state index is 14.8. The Hall–Kier alpha value is -6.12. The SMILES string of the molecule is CCn1c(-c2cccnc2[C@H](C)OC)c2c3cc(ccc31)-c1cccc(c1)C[C@H](NC(=O)C(C(C)C)N(C)C(=O)[C@H]1CCN(C(=O)C#CC3(N(C)C)CCOC3)C1)C(=O)N1CCC[C@H](N1)C(=O)OCC(C)(C)C2. The Morgan fingerprint density at radius 3 is 2.49 bits per heavy atom. The maximum atomic E-state index is 14.8. The van der Waals surface area contributed by atoms with Gasteiger partial charge in [-0.15, -0.1) is 0 Å². The number of likely N-dealkylation sites (N-methyl/N-ethyl adjacent to an activating group) is 2. The number of benzene rings is 2. The topological polar surface area (TPSA) is 168 Å². The molecule has 2 aromatic carbocycles. The molecule has 2 aromatic heterocycles. The molecule has 3 saturated heterocycles. The van der Waals surface area contributed by atoms with Crippen molar-refractivity contribution in [3.8, 4) is 34.2 Å². The molecule has 390 valence electrons. The number of fused-ring (bicyclic) bond motifs is 6. The van der Waals surface area contributed by atoms with Crippen LogP contribution in [0.25, 0.3) is 33.3 Å². The van der Waals surface area contributed by atoms with Gasteiger partial charge in [0.1, 0.15) is 23.7 Å². The summed E-state index contributed by atoms with van der Waals surface area (Å²) in [5.74, 6) is 3.18. The van der Waals surface area contributed by atoms with Gasteiger partial charge in [-0.05, 0) is 112 Å². The number of methoxy groups -OCH3 is 1. The summed E-state index contributed by atoms with van der Waals surface area (Å²) in [6.45, 7) is 14.8. The smallest absolute Gasteiger partial charge is 0.324 e. The summed E-state index contributed by atoms with van der Waals surface area (Å²) in [5.41, 5.74) is 9.91. The van der Waals surface area contributed by atoms with Crippen LogP contribution in [0.2, 0.25) is 0 Å². The second-order valence-corrected chi connectivity index (χ2v) is 21.7. The van der Waals surface area contributed by atoms with Crippen LogP contribution in [0.4, 0.5) is 0 Å². The summed E-state index contributed by atoms with van der Waals surface area (Å²) in [5, 5.41) is 5.60. The van der Waals surface area contributed by atoms with Crippen LogP contribution < -0.4 is 10.7 Å². The number of nitrogens with zero attached hydrogens (tertiary/aromatic N) is 6. The van der Waals surface area contributed by atoms with Crippen molar-refractivity contribution in [2.45, 2.75) is 116 Å². The molecule has 6 bridgehead atoms. The molecule has 0 radical (unpaired) electrons. The van der Waals surface area contributed by atoms with Gasteiger partial charge < -0.3 is 33.9 Å². The van der Waals surface area contributed by atoms with Crippen LogP contribution in [0.15, 0.2) is 60.8 Å². The van der Waals surface area contributed by atoms with Crippen molar-refractivity contribution in [1.82, 2.24) is 40.0 Å². The molecule has 16 nitrogen and oxygen atoms in total. The minimum absolute atomic E-state index is 0.129. The van der Waals surface area contributed by atoms with Crippen molar-refractivity contribution in [3.05, 3.63) is 77.6 Å². The molecule has 16 heteroatoms. The zero-order chi connectivity index (χ0) is 52.4. The monoisotopic (exact) mass is 999 g/mol. The molecule has 3 fully saturated rings. The Labute approximate surface area is 430 Å². The van der Waals surface area contributed by atoms with Crippen molar-refractivity contribution in [1.29, 1.82) is 0 Å². The van der Waals surface area contributed by atoms with Gasteiger partial charge >= 0.3 is 5.97 Å². The molecule has 0 spiro atoms. The highest BCUT2D eigenvalue weighted by molar-refractivity contribution is 5.97. The lowest BCUT2D eigenvalue weighted by Gasteiger charge is -2.37. The molecular formula is C57H74N8O8. The highest BCUT2D eigenvalue weighted by Crippen LogP contribution is 2.42. The lowest BCUT2D eigenvalue weighted by Crippen LogP contribution is -2.62. The van der Waals surface area contributed by atoms with E-state index in [1.54, 1.807) is 25.3 Å². The van der Waals surface area contributed by atoms with Crippen LogP contribution in [0, 0.1) is 29.1 Å². The van der Waals surface area contributed by atoms with E-state index in [1.807, 2.05) is 58.0 Å². The first kappa shape index (κ1) is 53.2. The quantitative estimate of drug-likeness (QED) is 0.146. The van der Waals surface area contributed by atoms with Gasteiger partial charge in [0, 0.05) is 87.9 Å². The standard InChI is InChI=1S/C57H74N8O8/c1-11-64-47-20-19-40-31-43(47)44(51(64)42-17-13-25-58-49(42)37(4)71-10)32-56(5,6)34-73-55(70)45-18-14-26-65(60-45)54(69)46(30-38-15-12-16-39(40)29-38)59-52(67)50(36(2)3)62(9)53(68)41-22-27-63(33-41)48(66)21-23-57(61(7)8)24-28-72-35-57/h12-13,15-17,19-20,25,29,31,36-37,41,45-46,50,60H,11,14,18,22,24,26-28,30,32-35H2,1-10H3,(H,59,67)/t37-,41-,45-,46-,50?,57?/m0/s1. The summed E-state index contributed by atoms with van der Waals surface area (Å²) < 4.78 is 19.9. The number of likely N-dealkylation sites (tertiary alicyclic amines) is 1. The Morgan fingerprint density at radius 2 is 1.78 bits per heavy atom. The van der Waals surface area contributed by atoms with Crippen LogP contribution in [-0.2, 0) is 57.6 Å². The number of nitrogens with one attached hydrogen (secondary N) is 2. The van der Waals surface area contributed by atoms with Crippen molar-refractivity contribution < 1.29 is 38.2 Å². The van der Waals surface area contributed by atoms with Gasteiger partial charge in [0.15, 0.2) is 0 Å². The van der Waals surface area contributed by atoms with Gasteiger partial charge in [0.2, 0.25) is 11.8 Å². The van der Waals surface area contributed by atoms with E-state index in [4.69, 9.17) is 19.2 Å². The number of cyclic esters (lactones) is 1. The van der Waals surface area contributed by atoms with Gasteiger partial charge in [-0.1, -0.05) is 63.9 Å². The molecule has 4 aromatic rings. The maximum Gasteiger partial charge on any atom is 0.324 e. The first-order valence-electron chi connectivity index (χ1n) is 26.0. The summed E-state index contributed by atoms with van der Waals surface area (Å²) in [6, 6.07) is 15.8. The van der Waals surface area contributed by atoms with E-state index in [-0.39, 0.29) is 43.4 Å². The van der Waals surface area contributed by atoms with Gasteiger partial charge in [0.25, 0.3) is 11.8 Å². The first-order chi connectivity index (χ1) is 34.8. The summed E-state index contributed by atoms with van der Waals surface area (Å²) >= 11 is 0. The number of aryl methyl sites for hydroxylation is 1. The Bertz CT molecular complexity index is 2780. The zero-order valence-electron chi connectivity index (χ0n) is 44.4. The molecule has 6 heterocycles. The fourth-order valence-corrected chi connectivity index (χ4v) is 11.1. The molecule has 0 saturated carbocycles. The van der Waals surface area contributed by atoms with Crippen LogP contribution in [0.3, 0.4) is 0 Å². The number of ether oxygens (including phenoxy) is 3. The first-order valence-corrected chi connectivity index (χ1v) is 26.0. The Morgan fingerprint density at radius 1 is 1.00 bits per heavy atom. The lowest BCUT2D eigenvalue weighted by molar-refractivity contribution is -0.155. The number of hydrogen-bond donors (Lipinski definition) is 2. The molecule has 8 rings (SSSR count). The number of amides is 4. The van der Waals surface area contributed by atoms with E-state index in [0.29, 0.717) is 65.0 Å². The van der Waals surface area contributed by atoms with Crippen LogP contribution in [0.1, 0.15) is 90.2 Å². The predicted molar refractivity (Wildman–Crippen MR) is 279 cm³/mol. The second-order valence-electron chi connectivity index (χ2n) is 21.7. The molecule has 4 aliphatic heterocycles. The summed E-state index contributed by atoms with van der Waals surface area (Å²) in [4.78, 5) is 81.1. The van der Waals surface area contributed by atoms with E-state index in [0.717, 1.165) is 50.1 Å². The molecule has 4 amide bonds. The highest BCUT2D eigenvalue weighted by atomic mass is 16.5. The van der Waals surface area contributed by atoms with Gasteiger partial charge in [0.05, 0.1) is 36.6 Å². The number of carbonyl (C=O) groups excluding carboxylic acids is 5. The van der Waals surface area contributed by atoms with Crippen molar-refractivity contribution in [3.63, 3.8) is 0 Å². The number of hydrogen-bond acceptors (Lipinski definition) is 11. The molecule has 4 aliphatic rings. The van der Waals surface area contributed by atoms with E-state index in [9.17, 15) is 24.0 Å². The molecular weight excluding hydrogens is 925 g/mol. The fraction of sp³-hybridized carbons (Fsp3) is 0.544. The van der Waals surface area contributed by atoms with E-state index in [1.165, 1.54) is 9.91 Å². The van der Waals surface area contributed by atoms with E-state index in [2.05, 4.69) is 84.3 Å². The van der Waals surface area contributed by atoms with Gasteiger partial charge in [-0.2, -0.15) is 0 Å². The van der Waals surface area contributed by atoms with Gasteiger partial charge in [-0.25, -0.2) is 5.43 Å². The second kappa shape index (κ2) is 22.2. The van der Waals surface area contributed by atoms with Crippen molar-refractivity contribution in [2.24, 2.45) is 17.3 Å². The van der Waals surface area contributed by atoms with E-state index >= 15 is 0 Å². The minimum Gasteiger partial charge on any atom is -0.464 e. The average molecular weight is 999 g/mol. The third-order valence-electron chi connectivity index (χ3n) is 15.4. The minimum atomic E-state index is -1.07. The molecule has 0 aliphatic carbocycles. The van der Waals surface area contributed by atoms with E-state index < -0.39 is 52.8 Å². The van der Waals surface area contributed by atoms with Crippen molar-refractivity contribution in [2.75, 3.05) is 67.7 Å². The number of aromatic nitrogens is 2. The Kier molecular flexibility index (Phi) is 16.1. The largest absolute Gasteiger partial charge is 0.464 e. The molecule has 6 atom stereocenters. The van der Waals surface area contributed by atoms with Crippen LogP contribution in [-0.4, -0.2) is 150 Å². The third-order valence-corrected chi connectivity index (χ3v) is 15.4. The Balaban J connectivity index is 1.11. The number of hydrazine groups is 1. The average Bonchev–Trinajstić information content (AvgIpc) is 4.15. The molecule has 2 unspecified atom stereocenters. The number of carbonyl (C=O) groups is 5. The summed E-state index contributed by atoms with van der Waals surface area (Å²) in [7, 11) is 7.15. The van der Waals surface area contributed by atoms with Gasteiger partial charge in [-0.3, -0.25) is 38.9 Å². The molecule has 2 N–H and O–H groups in total. The van der Waals surface area contributed by atoms with Crippen molar-refractivity contribution >= 4 is 40.5 Å². The van der Waals surface area contributed by atoms with Crippen LogP contribution in [0.5, 0.6) is 0 Å². The number of rotatable bonds is 10. The number of esters is 1. The molecule has 73 heavy (non-hydrogen) atoms. The predicted octanol–water partition coefficient (Wildman–Crippen LogP) is 5.80. The fourth-order valence-electron chi connectivity index (χ4n) is 11.1. The third kappa shape index (κ3) is 11.2.